The van der Waals surface area contributed by atoms with E-state index in [1.54, 1.807) is 7.05 Å². The second kappa shape index (κ2) is 6.55. The molecule has 1 heterocycles. The Balaban J connectivity index is 1.97. The van der Waals surface area contributed by atoms with Gasteiger partial charge >= 0.3 is 5.69 Å². The van der Waals surface area contributed by atoms with Crippen molar-refractivity contribution in [2.24, 2.45) is 7.05 Å². The number of anilines is 1. The summed E-state index contributed by atoms with van der Waals surface area (Å²) in [5, 5.41) is 21.3. The first kappa shape index (κ1) is 15.3. The van der Waals surface area contributed by atoms with Gasteiger partial charge in [-0.2, -0.15) is 5.10 Å². The monoisotopic (exact) mass is 295 g/mol. The van der Waals surface area contributed by atoms with Crippen LogP contribution in [0.3, 0.4) is 0 Å². The van der Waals surface area contributed by atoms with Crippen molar-refractivity contribution in [3.05, 3.63) is 15.8 Å². The number of nitrogens with zero attached hydrogens (tertiary/aromatic N) is 3. The van der Waals surface area contributed by atoms with Crippen LogP contribution >= 0.6 is 0 Å². The Morgan fingerprint density at radius 2 is 2.24 bits per heavy atom. The maximum Gasteiger partial charge on any atom is 0.333 e. The first-order chi connectivity index (χ1) is 10.0. The molecule has 0 spiro atoms. The molecule has 2 N–H and O–H groups in total. The van der Waals surface area contributed by atoms with E-state index in [-0.39, 0.29) is 11.6 Å². The molecule has 1 fully saturated rings. The van der Waals surface area contributed by atoms with E-state index in [1.165, 1.54) is 4.68 Å². The fourth-order valence-corrected chi connectivity index (χ4v) is 2.19. The molecule has 0 radical (unpaired) electrons. The Bertz CT molecular complexity index is 536. The van der Waals surface area contributed by atoms with Gasteiger partial charge in [0, 0.05) is 26.1 Å². The second-order valence-corrected chi connectivity index (χ2v) is 5.29. The van der Waals surface area contributed by atoms with Crippen molar-refractivity contribution in [2.45, 2.75) is 45.1 Å². The van der Waals surface area contributed by atoms with E-state index in [2.05, 4.69) is 15.7 Å². The highest BCUT2D eigenvalue weighted by Gasteiger charge is 2.26. The smallest absolute Gasteiger partial charge is 0.333 e. The number of rotatable bonds is 8. The van der Waals surface area contributed by atoms with Gasteiger partial charge in [0.05, 0.1) is 4.92 Å². The van der Waals surface area contributed by atoms with Crippen molar-refractivity contribution < 1.29 is 9.72 Å². The fraction of sp³-hybridized carbons (Fsp3) is 0.692. The lowest BCUT2D eigenvalue weighted by molar-refractivity contribution is -0.384. The van der Waals surface area contributed by atoms with Gasteiger partial charge in [-0.05, 0) is 19.3 Å². The molecule has 1 aliphatic carbocycles. The SMILES string of the molecule is CCCc1nn(C)c(NCCC(=O)NC2CC2)c1[N+](=O)[O-]. The number of amides is 1. The molecule has 2 rings (SSSR count). The summed E-state index contributed by atoms with van der Waals surface area (Å²) in [6, 6.07) is 0.333. The summed E-state index contributed by atoms with van der Waals surface area (Å²) in [6.07, 6.45) is 3.75. The first-order valence-corrected chi connectivity index (χ1v) is 7.26. The highest BCUT2D eigenvalue weighted by molar-refractivity contribution is 5.77. The summed E-state index contributed by atoms with van der Waals surface area (Å²) < 4.78 is 1.47. The number of hydrogen-bond acceptors (Lipinski definition) is 5. The van der Waals surface area contributed by atoms with Crippen LogP contribution in [0.25, 0.3) is 0 Å². The van der Waals surface area contributed by atoms with Crippen LogP contribution in [-0.2, 0) is 18.3 Å². The Morgan fingerprint density at radius 1 is 1.52 bits per heavy atom. The quantitative estimate of drug-likeness (QED) is 0.557. The lowest BCUT2D eigenvalue weighted by Crippen LogP contribution is -2.27. The average molecular weight is 295 g/mol. The van der Waals surface area contributed by atoms with Gasteiger partial charge in [0.1, 0.15) is 5.69 Å². The van der Waals surface area contributed by atoms with E-state index in [9.17, 15) is 14.9 Å². The minimum absolute atomic E-state index is 0.0157. The van der Waals surface area contributed by atoms with Crippen molar-refractivity contribution in [3.63, 3.8) is 0 Å². The highest BCUT2D eigenvalue weighted by atomic mass is 16.6. The minimum atomic E-state index is -0.412. The van der Waals surface area contributed by atoms with Crippen molar-refractivity contribution in [2.75, 3.05) is 11.9 Å². The van der Waals surface area contributed by atoms with Gasteiger partial charge in [0.25, 0.3) is 0 Å². The average Bonchev–Trinajstić information content (AvgIpc) is 3.15. The topological polar surface area (TPSA) is 102 Å². The summed E-state index contributed by atoms with van der Waals surface area (Å²) >= 11 is 0. The third kappa shape index (κ3) is 3.93. The molecule has 8 nitrogen and oxygen atoms in total. The zero-order valence-corrected chi connectivity index (χ0v) is 12.4. The summed E-state index contributed by atoms with van der Waals surface area (Å²) in [6.45, 7) is 2.30. The first-order valence-electron chi connectivity index (χ1n) is 7.26. The fourth-order valence-electron chi connectivity index (χ4n) is 2.19. The lowest BCUT2D eigenvalue weighted by atomic mass is 10.2. The number of nitro groups is 1. The Kier molecular flexibility index (Phi) is 4.77. The van der Waals surface area contributed by atoms with Gasteiger partial charge in [-0.3, -0.25) is 14.9 Å². The third-order valence-corrected chi connectivity index (χ3v) is 3.35. The van der Waals surface area contributed by atoms with Crippen LogP contribution in [0, 0.1) is 10.1 Å². The van der Waals surface area contributed by atoms with Crippen molar-refractivity contribution in [1.29, 1.82) is 0 Å². The predicted octanol–water partition coefficient (Wildman–Crippen LogP) is 1.36. The molecule has 1 saturated carbocycles. The van der Waals surface area contributed by atoms with Crippen LogP contribution in [0.5, 0.6) is 0 Å². The molecule has 1 aromatic heterocycles. The number of hydrogen-bond donors (Lipinski definition) is 2. The second-order valence-electron chi connectivity index (χ2n) is 5.29. The Hall–Kier alpha value is -2.12. The molecule has 1 amide bonds. The summed E-state index contributed by atoms with van der Waals surface area (Å²) in [7, 11) is 1.67. The van der Waals surface area contributed by atoms with Crippen molar-refractivity contribution in [1.82, 2.24) is 15.1 Å². The van der Waals surface area contributed by atoms with Gasteiger partial charge in [0.15, 0.2) is 0 Å². The molecule has 0 saturated heterocycles. The lowest BCUT2D eigenvalue weighted by Gasteiger charge is -2.06. The molecule has 0 aliphatic heterocycles. The molecule has 116 valence electrons. The number of nitrogens with one attached hydrogen (secondary N) is 2. The van der Waals surface area contributed by atoms with Gasteiger partial charge < -0.3 is 10.6 Å². The largest absolute Gasteiger partial charge is 0.364 e. The number of carbonyl (C=O) groups excluding carboxylic acids is 1. The van der Waals surface area contributed by atoms with Crippen LogP contribution < -0.4 is 10.6 Å². The Labute approximate surface area is 123 Å². The van der Waals surface area contributed by atoms with Crippen LogP contribution in [-0.4, -0.2) is 33.2 Å². The normalized spacial score (nSPS) is 14.0. The number of aryl methyl sites for hydroxylation is 2. The summed E-state index contributed by atoms with van der Waals surface area (Å²) in [4.78, 5) is 22.4. The molecule has 1 aliphatic rings. The standard InChI is InChI=1S/C13H21N5O3/c1-3-4-10-12(18(20)21)13(17(2)16-10)14-8-7-11(19)15-9-5-6-9/h9,14H,3-8H2,1-2H3,(H,15,19). The van der Waals surface area contributed by atoms with Gasteiger partial charge in [-0.1, -0.05) is 13.3 Å². The number of carbonyl (C=O) groups is 1. The van der Waals surface area contributed by atoms with Crippen molar-refractivity contribution in [3.8, 4) is 0 Å². The third-order valence-electron chi connectivity index (χ3n) is 3.35. The van der Waals surface area contributed by atoms with E-state index >= 15 is 0 Å². The summed E-state index contributed by atoms with van der Waals surface area (Å²) in [5.41, 5.74) is 0.497. The Morgan fingerprint density at radius 3 is 2.81 bits per heavy atom. The van der Waals surface area contributed by atoms with Crippen LogP contribution in [0.4, 0.5) is 11.5 Å². The van der Waals surface area contributed by atoms with Gasteiger partial charge in [-0.15, -0.1) is 0 Å². The molecule has 0 unspecified atom stereocenters. The zero-order valence-electron chi connectivity index (χ0n) is 12.4. The van der Waals surface area contributed by atoms with Gasteiger partial charge in [-0.25, -0.2) is 4.68 Å². The maximum absolute atomic E-state index is 11.6. The van der Waals surface area contributed by atoms with Crippen LogP contribution in [0.15, 0.2) is 0 Å². The highest BCUT2D eigenvalue weighted by Crippen LogP contribution is 2.28. The molecule has 21 heavy (non-hydrogen) atoms. The van der Waals surface area contributed by atoms with Gasteiger partial charge in [0.2, 0.25) is 11.7 Å². The molecule has 0 bridgehead atoms. The number of aromatic nitrogens is 2. The zero-order chi connectivity index (χ0) is 15.4. The van der Waals surface area contributed by atoms with E-state index in [4.69, 9.17) is 0 Å². The maximum atomic E-state index is 11.6. The molecule has 8 heteroatoms. The van der Waals surface area contributed by atoms with E-state index < -0.39 is 4.92 Å². The minimum Gasteiger partial charge on any atom is -0.364 e. The van der Waals surface area contributed by atoms with E-state index in [0.717, 1.165) is 19.3 Å². The van der Waals surface area contributed by atoms with E-state index in [1.807, 2.05) is 6.92 Å². The molecular formula is C13H21N5O3. The molecule has 0 aromatic carbocycles. The molecule has 1 aromatic rings. The molecule has 0 atom stereocenters. The predicted molar refractivity (Wildman–Crippen MR) is 78.1 cm³/mol. The summed E-state index contributed by atoms with van der Waals surface area (Å²) in [5.74, 6) is 0.339. The van der Waals surface area contributed by atoms with Crippen LogP contribution in [0.1, 0.15) is 38.3 Å². The molecular weight excluding hydrogens is 274 g/mol. The van der Waals surface area contributed by atoms with E-state index in [0.29, 0.717) is 36.9 Å². The van der Waals surface area contributed by atoms with Crippen LogP contribution in [0.2, 0.25) is 0 Å². The van der Waals surface area contributed by atoms with Crippen molar-refractivity contribution >= 4 is 17.4 Å².